The van der Waals surface area contributed by atoms with E-state index < -0.39 is 12.0 Å². The predicted octanol–water partition coefficient (Wildman–Crippen LogP) is 4.21. The molecule has 0 amide bonds. The Morgan fingerprint density at radius 3 is 2.64 bits per heavy atom. The molecular weight excluding hydrogens is 372 g/mol. The number of aliphatic carboxylic acids is 1. The second-order valence-corrected chi connectivity index (χ2v) is 8.69. The summed E-state index contributed by atoms with van der Waals surface area (Å²) < 4.78 is 1.40. The molecule has 0 fully saturated rings. The van der Waals surface area contributed by atoms with Crippen LogP contribution in [0.5, 0.6) is 0 Å². The lowest BCUT2D eigenvalue weighted by Crippen LogP contribution is -2.33. The molecule has 3 aromatic rings. The lowest BCUT2D eigenvalue weighted by atomic mass is 9.97. The Balaban J connectivity index is 1.74. The minimum atomic E-state index is -0.984. The molecule has 0 saturated heterocycles. The summed E-state index contributed by atoms with van der Waals surface area (Å²) in [5, 5.41) is 10.5. The predicted molar refractivity (Wildman–Crippen MR) is 111 cm³/mol. The van der Waals surface area contributed by atoms with E-state index in [0.717, 1.165) is 41.6 Å². The van der Waals surface area contributed by atoms with Crippen molar-refractivity contribution in [3.05, 3.63) is 62.0 Å². The first-order valence-corrected chi connectivity index (χ1v) is 10.6. The SMILES string of the molecule is Cc1ccc(CCC(C(=O)O)n2c(C)nc3sc4c(c3c2=O)CCCC4)cc1. The quantitative estimate of drug-likeness (QED) is 0.701. The first-order chi connectivity index (χ1) is 13.5. The van der Waals surface area contributed by atoms with E-state index in [4.69, 9.17) is 0 Å². The van der Waals surface area contributed by atoms with Crippen molar-refractivity contribution in [1.29, 1.82) is 0 Å². The number of aryl methyl sites for hydroxylation is 5. The van der Waals surface area contributed by atoms with Crippen LogP contribution in [0.1, 0.15) is 52.7 Å². The van der Waals surface area contributed by atoms with Crippen LogP contribution in [0.15, 0.2) is 29.1 Å². The Labute approximate surface area is 167 Å². The number of carboxylic acids is 1. The van der Waals surface area contributed by atoms with Crippen LogP contribution in [0, 0.1) is 13.8 Å². The normalized spacial score (nSPS) is 14.8. The molecule has 4 rings (SSSR count). The molecule has 0 radical (unpaired) electrons. The molecule has 1 aromatic carbocycles. The summed E-state index contributed by atoms with van der Waals surface area (Å²) in [6, 6.07) is 7.16. The zero-order chi connectivity index (χ0) is 19.8. The second kappa shape index (κ2) is 7.51. The number of carbonyl (C=O) groups is 1. The van der Waals surface area contributed by atoms with Crippen molar-refractivity contribution in [3.63, 3.8) is 0 Å². The average molecular weight is 397 g/mol. The molecule has 2 aromatic heterocycles. The maximum Gasteiger partial charge on any atom is 0.326 e. The van der Waals surface area contributed by atoms with Crippen LogP contribution in [-0.4, -0.2) is 20.6 Å². The van der Waals surface area contributed by atoms with Crippen LogP contribution in [0.4, 0.5) is 0 Å². The number of fused-ring (bicyclic) bond motifs is 3. The van der Waals surface area contributed by atoms with Gasteiger partial charge in [0.25, 0.3) is 5.56 Å². The molecule has 1 N–H and O–H groups in total. The Bertz CT molecular complexity index is 1100. The third-order valence-electron chi connectivity index (χ3n) is 5.62. The van der Waals surface area contributed by atoms with Gasteiger partial charge in [-0.1, -0.05) is 29.8 Å². The largest absolute Gasteiger partial charge is 0.480 e. The van der Waals surface area contributed by atoms with Gasteiger partial charge in [-0.3, -0.25) is 9.36 Å². The zero-order valence-corrected chi connectivity index (χ0v) is 17.0. The number of nitrogens with zero attached hydrogens (tertiary/aromatic N) is 2. The van der Waals surface area contributed by atoms with Gasteiger partial charge in [-0.2, -0.15) is 0 Å². The van der Waals surface area contributed by atoms with Gasteiger partial charge in [-0.25, -0.2) is 9.78 Å². The van der Waals surface area contributed by atoms with E-state index in [1.165, 1.54) is 15.0 Å². The zero-order valence-electron chi connectivity index (χ0n) is 16.2. The van der Waals surface area contributed by atoms with Crippen LogP contribution < -0.4 is 5.56 Å². The van der Waals surface area contributed by atoms with E-state index in [2.05, 4.69) is 4.98 Å². The van der Waals surface area contributed by atoms with E-state index in [9.17, 15) is 14.7 Å². The first kappa shape index (κ1) is 18.9. The lowest BCUT2D eigenvalue weighted by molar-refractivity contribution is -0.141. The summed E-state index contributed by atoms with van der Waals surface area (Å²) >= 11 is 1.60. The van der Waals surface area contributed by atoms with Crippen molar-refractivity contribution in [3.8, 4) is 0 Å². The number of benzene rings is 1. The molecule has 0 aliphatic heterocycles. The molecular formula is C22H24N2O3S. The Morgan fingerprint density at radius 1 is 1.21 bits per heavy atom. The molecule has 0 spiro atoms. The topological polar surface area (TPSA) is 72.2 Å². The van der Waals surface area contributed by atoms with Crippen molar-refractivity contribution in [2.75, 3.05) is 0 Å². The average Bonchev–Trinajstić information content (AvgIpc) is 3.03. The summed E-state index contributed by atoms with van der Waals surface area (Å²) in [5.41, 5.74) is 3.14. The van der Waals surface area contributed by atoms with Crippen molar-refractivity contribution >= 4 is 27.5 Å². The fraction of sp³-hybridized carbons (Fsp3) is 0.409. The maximum absolute atomic E-state index is 13.4. The number of hydrogen-bond donors (Lipinski definition) is 1. The minimum Gasteiger partial charge on any atom is -0.480 e. The first-order valence-electron chi connectivity index (χ1n) is 9.77. The van der Waals surface area contributed by atoms with Gasteiger partial charge in [0.1, 0.15) is 16.7 Å². The maximum atomic E-state index is 13.4. The van der Waals surface area contributed by atoms with Gasteiger partial charge >= 0.3 is 5.97 Å². The number of thiophene rings is 1. The van der Waals surface area contributed by atoms with E-state index in [-0.39, 0.29) is 5.56 Å². The monoisotopic (exact) mass is 396 g/mol. The molecule has 1 aliphatic rings. The number of rotatable bonds is 5. The van der Waals surface area contributed by atoms with E-state index in [0.29, 0.717) is 24.1 Å². The Kier molecular flexibility index (Phi) is 5.06. The summed E-state index contributed by atoms with van der Waals surface area (Å²) in [7, 11) is 0. The molecule has 5 nitrogen and oxygen atoms in total. The minimum absolute atomic E-state index is 0.196. The fourth-order valence-corrected chi connectivity index (χ4v) is 5.40. The highest BCUT2D eigenvalue weighted by molar-refractivity contribution is 7.18. The standard InChI is InChI=1S/C22H24N2O3S/c1-13-7-9-15(10-8-13)11-12-17(22(26)27)24-14(2)23-20-19(21(24)25)16-5-3-4-6-18(16)28-20/h7-10,17H,3-6,11-12H2,1-2H3,(H,26,27). The van der Waals surface area contributed by atoms with E-state index in [1.807, 2.05) is 31.2 Å². The highest BCUT2D eigenvalue weighted by Gasteiger charge is 2.27. The van der Waals surface area contributed by atoms with Crippen LogP contribution in [0.3, 0.4) is 0 Å². The second-order valence-electron chi connectivity index (χ2n) is 7.60. The van der Waals surface area contributed by atoms with Gasteiger partial charge in [-0.15, -0.1) is 11.3 Å². The van der Waals surface area contributed by atoms with E-state index >= 15 is 0 Å². The molecule has 146 valence electrons. The molecule has 1 aliphatic carbocycles. The molecule has 28 heavy (non-hydrogen) atoms. The van der Waals surface area contributed by atoms with Crippen molar-refractivity contribution in [1.82, 2.24) is 9.55 Å². The summed E-state index contributed by atoms with van der Waals surface area (Å²) in [6.45, 7) is 3.76. The summed E-state index contributed by atoms with van der Waals surface area (Å²) in [5.74, 6) is -0.505. The van der Waals surface area contributed by atoms with Crippen LogP contribution in [0.25, 0.3) is 10.2 Å². The van der Waals surface area contributed by atoms with Crippen LogP contribution >= 0.6 is 11.3 Å². The summed E-state index contributed by atoms with van der Waals surface area (Å²) in [6.07, 6.45) is 5.05. The molecule has 0 bridgehead atoms. The molecule has 1 atom stereocenters. The Hall–Kier alpha value is -2.47. The fourth-order valence-electron chi connectivity index (χ4n) is 4.11. The van der Waals surface area contributed by atoms with Crippen molar-refractivity contribution in [2.45, 2.75) is 58.4 Å². The third kappa shape index (κ3) is 3.37. The Morgan fingerprint density at radius 2 is 1.93 bits per heavy atom. The van der Waals surface area contributed by atoms with Crippen LogP contribution in [0.2, 0.25) is 0 Å². The summed E-state index contributed by atoms with van der Waals surface area (Å²) in [4.78, 5) is 32.0. The van der Waals surface area contributed by atoms with Crippen LogP contribution in [-0.2, 0) is 24.1 Å². The van der Waals surface area contributed by atoms with Gasteiger partial charge in [0, 0.05) is 4.88 Å². The van der Waals surface area contributed by atoms with Crippen molar-refractivity contribution < 1.29 is 9.90 Å². The van der Waals surface area contributed by atoms with Gasteiger partial charge in [0.05, 0.1) is 5.39 Å². The molecule has 1 unspecified atom stereocenters. The van der Waals surface area contributed by atoms with Crippen molar-refractivity contribution in [2.24, 2.45) is 0 Å². The highest BCUT2D eigenvalue weighted by atomic mass is 32.1. The van der Waals surface area contributed by atoms with Gasteiger partial charge in [0.15, 0.2) is 0 Å². The molecule has 6 heteroatoms. The van der Waals surface area contributed by atoms with Gasteiger partial charge in [-0.05, 0) is 63.5 Å². The number of carboxylic acid groups (broad SMARTS) is 1. The number of hydrogen-bond acceptors (Lipinski definition) is 4. The molecule has 2 heterocycles. The number of aromatic nitrogens is 2. The molecule has 0 saturated carbocycles. The lowest BCUT2D eigenvalue weighted by Gasteiger charge is -2.18. The van der Waals surface area contributed by atoms with E-state index in [1.54, 1.807) is 18.3 Å². The smallest absolute Gasteiger partial charge is 0.326 e. The van der Waals surface area contributed by atoms with Gasteiger partial charge < -0.3 is 5.11 Å². The highest BCUT2D eigenvalue weighted by Crippen LogP contribution is 2.34. The van der Waals surface area contributed by atoms with Gasteiger partial charge in [0.2, 0.25) is 0 Å². The third-order valence-corrected chi connectivity index (χ3v) is 6.81.